The number of hydrogen-bond donors (Lipinski definition) is 0. The maximum absolute atomic E-state index is 14.6. The number of hydrogen-bond acceptors (Lipinski definition) is 21. The summed E-state index contributed by atoms with van der Waals surface area (Å²) in [4.78, 5) is 40.5. The Morgan fingerprint density at radius 3 is 1.23 bits per heavy atom. The second kappa shape index (κ2) is 46.9. The molecule has 0 amide bonds. The second-order valence-corrected chi connectivity index (χ2v) is 38.7. The Balaban J connectivity index is 0.000000129. The molecule has 13 aromatic carbocycles. The van der Waals surface area contributed by atoms with Crippen molar-refractivity contribution in [1.29, 1.82) is 0 Å². The van der Waals surface area contributed by atoms with Gasteiger partial charge in [-0.15, -0.1) is 109 Å². The van der Waals surface area contributed by atoms with Crippen LogP contribution in [0.1, 0.15) is 51.7 Å². The largest absolute Gasteiger partial charge is 2.00 e. The Morgan fingerprint density at radius 1 is 0.322 bits per heavy atom. The first kappa shape index (κ1) is 104. The van der Waals surface area contributed by atoms with Crippen LogP contribution >= 0.6 is 47.0 Å². The molecule has 0 fully saturated rings. The molecule has 4 aliphatic heterocycles. The fraction of sp³-hybridized carbons (Fsp3) is 0.0678. The van der Waals surface area contributed by atoms with Crippen LogP contribution in [0.3, 0.4) is 0 Å². The molecular formula is C118H82F2N16O5Pt4S4. The Kier molecular flexibility index (Phi) is 32.9. The van der Waals surface area contributed by atoms with E-state index in [0.29, 0.717) is 52.0 Å². The van der Waals surface area contributed by atoms with Crippen LogP contribution in [0.25, 0.3) is 34.0 Å². The molecule has 0 saturated heterocycles. The van der Waals surface area contributed by atoms with Crippen molar-refractivity contribution in [3.05, 3.63) is 455 Å². The van der Waals surface area contributed by atoms with E-state index in [0.717, 1.165) is 127 Å². The Labute approximate surface area is 935 Å². The molecule has 31 heteroatoms. The number of imidazole rings is 1. The SMILES string of the molecule is CC(C)(C)c1ccnc(N2c3[c-]c(Oc4[c-]c(-n5cccn5)ccc4)ccc3Sc3ccccc32)c1.CC(C)c1ccnc(N2c3[c-]c(Oc4[c-]c(-c5cn(-c6ccccc6)cn5)ccc4)ccc3Sc3ccccc32)c1.COc1cc(Oc2[c-]c3c(cc2)Sc2ccccc2N3c2ccccn2)[c-]c(-n2cccn2)c1.Fc1cc(F)c(-n2cccn2)[c-]c1Oc1[c-]c2c(cc1)Sc1ccccc1N2c1ccccn1.[Pt+2].[Pt+2].[Pt+2].[Pt+2]. The third kappa shape index (κ3) is 23.2. The van der Waals surface area contributed by atoms with Gasteiger partial charge in [0.05, 0.1) is 42.0 Å². The van der Waals surface area contributed by atoms with Crippen molar-refractivity contribution in [2.75, 3.05) is 26.7 Å². The van der Waals surface area contributed by atoms with Crippen LogP contribution in [0.5, 0.6) is 51.7 Å². The number of methoxy groups -OCH3 is 1. The third-order valence-electron chi connectivity index (χ3n) is 23.4. The zero-order chi connectivity index (χ0) is 98.4. The first-order chi connectivity index (χ1) is 71.0. The van der Waals surface area contributed by atoms with Crippen molar-refractivity contribution < 1.29 is 117 Å². The minimum Gasteiger partial charge on any atom is -0.522 e. The molecule has 0 saturated carbocycles. The van der Waals surface area contributed by atoms with Crippen LogP contribution in [0.2, 0.25) is 0 Å². The van der Waals surface area contributed by atoms with E-state index in [1.54, 1.807) is 113 Å². The number of ether oxygens (including phenoxy) is 5. The fourth-order valence-corrected chi connectivity index (χ4v) is 20.5. The number of halogens is 2. The van der Waals surface area contributed by atoms with Gasteiger partial charge in [-0.2, -0.15) is 92.7 Å². The molecule has 742 valence electrons. The molecule has 0 spiro atoms. The summed E-state index contributed by atoms with van der Waals surface area (Å²) in [5.74, 6) is 6.12. The van der Waals surface area contributed by atoms with E-state index in [2.05, 4.69) is 237 Å². The summed E-state index contributed by atoms with van der Waals surface area (Å²) in [7, 11) is 1.62. The van der Waals surface area contributed by atoms with E-state index >= 15 is 0 Å². The molecule has 0 aliphatic carbocycles. The summed E-state index contributed by atoms with van der Waals surface area (Å²) in [5, 5.41) is 12.6. The van der Waals surface area contributed by atoms with Gasteiger partial charge >= 0.3 is 84.3 Å². The van der Waals surface area contributed by atoms with Gasteiger partial charge in [0.15, 0.2) is 0 Å². The molecule has 0 N–H and O–H groups in total. The van der Waals surface area contributed by atoms with Gasteiger partial charge in [-0.25, -0.2) is 19.9 Å². The maximum Gasteiger partial charge on any atom is 2.00 e. The topological polar surface area (TPSA) is 182 Å². The average Bonchev–Trinajstić information content (AvgIpc) is 1.90. The fourth-order valence-electron chi connectivity index (χ4n) is 16.4. The minimum atomic E-state index is -0.874. The molecule has 0 bridgehead atoms. The standard InChI is InChI=1S/C35H26N4OS.C30H24N4OS.C27H18N4O2S.C26H14F2N4OS.4Pt/c1-24(2)25-17-18-36-35(20-25)39-31-13-6-7-14-33(31)41-34-16-15-29(21-32(34)39)40-28-12-8-9-26(19-28)30-22-38(23-37-30)27-10-4-3-5-11-27;1-30(2,3)21-14-16-31-29(18-21)34-25-10-4-5-11-27(25)36-28-13-12-24(20-26(28)34)35-23-9-6-8-22(19-23)33-17-7-15-32-33;1-32-21-15-19(30-14-6-13-29-30)16-22(17-21)33-20-10-11-26-24(18-20)31(27-9-4-5-12-28-27)23-7-2-3-8-25(23)34-26;27-18-15-19(28)23(16-21(18)31-13-5-12-30-31)33-17-9-10-25-22(14-17)32(26-8-3-4-11-29-26)20-6-1-2-7-24(20)34-25;;;;/h3-18,20,22-24H,1-2H3;4-18H,1-3H3;2-15,17H,1H3;1-13,15H;;;;/q4*-2;4*+2. The number of anilines is 12. The van der Waals surface area contributed by atoms with Gasteiger partial charge < -0.3 is 47.9 Å². The number of nitrogens with zero attached hydrogens (tertiary/aromatic N) is 16. The molecule has 0 radical (unpaired) electrons. The van der Waals surface area contributed by atoms with Gasteiger partial charge in [-0.05, 0) is 196 Å². The van der Waals surface area contributed by atoms with Crippen LogP contribution < -0.4 is 43.3 Å². The van der Waals surface area contributed by atoms with E-state index < -0.39 is 11.6 Å². The molecule has 12 heterocycles. The molecule has 8 aromatic heterocycles. The summed E-state index contributed by atoms with van der Waals surface area (Å²) < 4.78 is 65.6. The molecule has 0 unspecified atom stereocenters. The quantitative estimate of drug-likeness (QED) is 0.0696. The van der Waals surface area contributed by atoms with Crippen molar-refractivity contribution in [2.24, 2.45) is 0 Å². The number of pyridine rings is 4. The molecule has 4 aliphatic rings. The first-order valence-electron chi connectivity index (χ1n) is 46.2. The van der Waals surface area contributed by atoms with Crippen LogP contribution in [0.15, 0.2) is 423 Å². The molecule has 0 atom stereocenters. The van der Waals surface area contributed by atoms with Crippen molar-refractivity contribution in [2.45, 2.75) is 85.1 Å². The molecule has 149 heavy (non-hydrogen) atoms. The number of fused-ring (bicyclic) bond motifs is 8. The third-order valence-corrected chi connectivity index (χ3v) is 27.9. The minimum absolute atomic E-state index is 0. The van der Waals surface area contributed by atoms with E-state index in [9.17, 15) is 8.78 Å². The Hall–Kier alpha value is -14.5. The van der Waals surface area contributed by atoms with E-state index in [1.165, 1.54) is 31.8 Å². The number of rotatable bonds is 19. The van der Waals surface area contributed by atoms with E-state index in [1.807, 2.05) is 223 Å². The molecule has 21 aromatic rings. The monoisotopic (exact) mass is 2750 g/mol. The number of para-hydroxylation sites is 5. The maximum atomic E-state index is 14.6. The number of aromatic nitrogens is 12. The first-order valence-corrected chi connectivity index (χ1v) is 49.5. The van der Waals surface area contributed by atoms with Gasteiger partial charge in [0.25, 0.3) is 0 Å². The van der Waals surface area contributed by atoms with E-state index in [4.69, 9.17) is 33.7 Å². The van der Waals surface area contributed by atoms with Crippen LogP contribution in [-0.2, 0) is 89.7 Å². The van der Waals surface area contributed by atoms with Crippen molar-refractivity contribution in [3.8, 4) is 85.8 Å². The van der Waals surface area contributed by atoms with Gasteiger partial charge in [-0.1, -0.05) is 151 Å². The summed E-state index contributed by atoms with van der Waals surface area (Å²) in [5.41, 5.74) is 14.3. The molecular weight excluding hydrogens is 2670 g/mol. The normalized spacial score (nSPS) is 12.0. The molecule has 21 nitrogen and oxygen atoms in total. The number of benzene rings is 13. The summed E-state index contributed by atoms with van der Waals surface area (Å²) >= 11 is 6.77. The van der Waals surface area contributed by atoms with Crippen LogP contribution in [0, 0.1) is 60.2 Å². The second-order valence-electron chi connectivity index (χ2n) is 34.4. The van der Waals surface area contributed by atoms with Gasteiger partial charge in [0.1, 0.15) is 23.3 Å². The summed E-state index contributed by atoms with van der Waals surface area (Å²) in [6.07, 6.45) is 21.3. The summed E-state index contributed by atoms with van der Waals surface area (Å²) in [6, 6.07) is 127. The predicted octanol–water partition coefficient (Wildman–Crippen LogP) is 30.7. The van der Waals surface area contributed by atoms with E-state index in [-0.39, 0.29) is 107 Å². The summed E-state index contributed by atoms with van der Waals surface area (Å²) in [6.45, 7) is 11.0. The zero-order valence-corrected chi connectivity index (χ0v) is 92.2. The van der Waals surface area contributed by atoms with Crippen LogP contribution in [-0.4, -0.2) is 65.9 Å². The van der Waals surface area contributed by atoms with Gasteiger partial charge in [0, 0.05) is 150 Å². The van der Waals surface area contributed by atoms with Crippen LogP contribution in [0.4, 0.5) is 77.6 Å². The average molecular weight is 2750 g/mol. The van der Waals surface area contributed by atoms with Crippen molar-refractivity contribution >= 4 is 116 Å². The van der Waals surface area contributed by atoms with Gasteiger partial charge in [0.2, 0.25) is 0 Å². The van der Waals surface area contributed by atoms with Crippen molar-refractivity contribution in [3.63, 3.8) is 0 Å². The Bertz CT molecular complexity index is 8280. The smallest absolute Gasteiger partial charge is 0.522 e. The molecule has 25 rings (SSSR count). The van der Waals surface area contributed by atoms with Gasteiger partial charge in [-0.3, -0.25) is 27.8 Å². The predicted molar refractivity (Wildman–Crippen MR) is 562 cm³/mol. The zero-order valence-electron chi connectivity index (χ0n) is 79.8. The van der Waals surface area contributed by atoms with Crippen molar-refractivity contribution in [1.82, 2.24) is 58.8 Å². The Morgan fingerprint density at radius 2 is 0.752 bits per heavy atom.